The summed E-state index contributed by atoms with van der Waals surface area (Å²) in [5.74, 6) is 4.04. The highest BCUT2D eigenvalue weighted by molar-refractivity contribution is 5.27. The van der Waals surface area contributed by atoms with Gasteiger partial charge in [0.25, 0.3) is 0 Å². The van der Waals surface area contributed by atoms with Crippen molar-refractivity contribution >= 4 is 0 Å². The molecule has 0 aliphatic heterocycles. The lowest BCUT2D eigenvalue weighted by Gasteiger charge is -2.38. The van der Waals surface area contributed by atoms with E-state index < -0.39 is 12.8 Å². The quantitative estimate of drug-likeness (QED) is 0.304. The minimum Gasteiger partial charge on any atom is -0.484 e. The third-order valence-corrected chi connectivity index (χ3v) is 8.08. The van der Waals surface area contributed by atoms with Gasteiger partial charge in [0.05, 0.1) is 0 Å². The first kappa shape index (κ1) is 25.4. The molecule has 3 rings (SSSR count). The van der Waals surface area contributed by atoms with Crippen LogP contribution in [0, 0.1) is 23.7 Å². The van der Waals surface area contributed by atoms with Crippen molar-refractivity contribution in [3.63, 3.8) is 0 Å². The summed E-state index contributed by atoms with van der Waals surface area (Å²) in [6.07, 6.45) is 16.4. The van der Waals surface area contributed by atoms with Gasteiger partial charge in [-0.2, -0.15) is 13.2 Å². The Kier molecular flexibility index (Phi) is 10.2. The van der Waals surface area contributed by atoms with Crippen LogP contribution in [0.5, 0.6) is 5.75 Å². The summed E-state index contributed by atoms with van der Waals surface area (Å²) >= 11 is 0. The average molecular weight is 453 g/mol. The second-order valence-corrected chi connectivity index (χ2v) is 10.5. The predicted molar refractivity (Wildman–Crippen MR) is 126 cm³/mol. The Morgan fingerprint density at radius 1 is 0.750 bits per heavy atom. The van der Waals surface area contributed by atoms with Crippen LogP contribution in [0.15, 0.2) is 24.3 Å². The van der Waals surface area contributed by atoms with Crippen LogP contribution in [-0.4, -0.2) is 12.8 Å². The second kappa shape index (κ2) is 12.9. The number of rotatable bonds is 11. The minimum absolute atomic E-state index is 0.294. The van der Waals surface area contributed by atoms with Crippen molar-refractivity contribution in [2.45, 2.75) is 109 Å². The van der Waals surface area contributed by atoms with Crippen LogP contribution in [-0.2, 0) is 6.42 Å². The van der Waals surface area contributed by atoms with E-state index in [0.717, 1.165) is 30.1 Å². The molecule has 4 heteroatoms. The maximum absolute atomic E-state index is 12.3. The number of hydrogen-bond acceptors (Lipinski definition) is 1. The van der Waals surface area contributed by atoms with Gasteiger partial charge in [-0.25, -0.2) is 0 Å². The molecule has 0 heterocycles. The largest absolute Gasteiger partial charge is 0.484 e. The molecule has 1 nitrogen and oxygen atoms in total. The Balaban J connectivity index is 1.29. The van der Waals surface area contributed by atoms with E-state index in [-0.39, 0.29) is 0 Å². The molecule has 2 saturated carbocycles. The van der Waals surface area contributed by atoms with Gasteiger partial charge >= 0.3 is 6.18 Å². The number of aryl methyl sites for hydroxylation is 1. The highest BCUT2D eigenvalue weighted by Crippen LogP contribution is 2.43. The summed E-state index contributed by atoms with van der Waals surface area (Å²) < 4.78 is 41.6. The SMILES string of the molecule is CCCCCC[C@H]1CC[C@H]([C@H]2CC[C@H](CCc3ccc(OCC(F)(F)F)cc3)CC2)CC1. The summed E-state index contributed by atoms with van der Waals surface area (Å²) in [7, 11) is 0. The monoisotopic (exact) mass is 452 g/mol. The van der Waals surface area contributed by atoms with Crippen molar-refractivity contribution in [2.75, 3.05) is 6.61 Å². The van der Waals surface area contributed by atoms with Crippen molar-refractivity contribution in [3.05, 3.63) is 29.8 Å². The molecule has 1 aromatic rings. The van der Waals surface area contributed by atoms with E-state index in [2.05, 4.69) is 6.92 Å². The zero-order valence-electron chi connectivity index (χ0n) is 20.0. The molecule has 0 atom stereocenters. The molecule has 0 bridgehead atoms. The fourth-order valence-electron chi connectivity index (χ4n) is 6.04. The Morgan fingerprint density at radius 3 is 1.84 bits per heavy atom. The van der Waals surface area contributed by atoms with Crippen molar-refractivity contribution in [2.24, 2.45) is 23.7 Å². The van der Waals surface area contributed by atoms with E-state index >= 15 is 0 Å². The molecule has 0 saturated heterocycles. The average Bonchev–Trinajstić information content (AvgIpc) is 2.80. The standard InChI is InChI=1S/C28H43F3O/c1-2-3-4-5-6-22-9-15-25(16-10-22)26-17-11-23(12-18-26)7-8-24-13-19-27(20-14-24)32-21-28(29,30)31/h13-14,19-20,22-23,25-26H,2-12,15-18,21H2,1H3/t22-,23-,25-,26-. The van der Waals surface area contributed by atoms with Gasteiger partial charge in [0.1, 0.15) is 5.75 Å². The van der Waals surface area contributed by atoms with Crippen LogP contribution in [0.25, 0.3) is 0 Å². The van der Waals surface area contributed by atoms with Gasteiger partial charge in [-0.1, -0.05) is 76.8 Å². The third kappa shape index (κ3) is 8.98. The van der Waals surface area contributed by atoms with Crippen molar-refractivity contribution in [3.8, 4) is 5.75 Å². The van der Waals surface area contributed by atoms with Crippen molar-refractivity contribution in [1.29, 1.82) is 0 Å². The van der Waals surface area contributed by atoms with Gasteiger partial charge in [-0.3, -0.25) is 0 Å². The highest BCUT2D eigenvalue weighted by atomic mass is 19.4. The maximum Gasteiger partial charge on any atom is 0.422 e. The molecule has 0 amide bonds. The molecular weight excluding hydrogens is 409 g/mol. The Bertz CT molecular complexity index is 623. The number of ether oxygens (including phenoxy) is 1. The van der Waals surface area contributed by atoms with Gasteiger partial charge < -0.3 is 4.74 Å². The van der Waals surface area contributed by atoms with Crippen molar-refractivity contribution in [1.82, 2.24) is 0 Å². The van der Waals surface area contributed by atoms with Gasteiger partial charge in [-0.05, 0) is 79.9 Å². The molecule has 2 aliphatic carbocycles. The molecule has 0 radical (unpaired) electrons. The summed E-state index contributed by atoms with van der Waals surface area (Å²) in [6, 6.07) is 7.16. The van der Waals surface area contributed by atoms with E-state index in [9.17, 15) is 13.2 Å². The third-order valence-electron chi connectivity index (χ3n) is 8.08. The van der Waals surface area contributed by atoms with Gasteiger partial charge in [0.2, 0.25) is 0 Å². The summed E-state index contributed by atoms with van der Waals surface area (Å²) in [6.45, 7) is 1.06. The summed E-state index contributed by atoms with van der Waals surface area (Å²) in [4.78, 5) is 0. The molecule has 2 fully saturated rings. The number of unbranched alkanes of at least 4 members (excludes halogenated alkanes) is 3. The lowest BCUT2D eigenvalue weighted by atomic mass is 9.68. The van der Waals surface area contributed by atoms with Crippen molar-refractivity contribution < 1.29 is 17.9 Å². The first-order chi connectivity index (χ1) is 15.4. The zero-order chi connectivity index (χ0) is 22.8. The van der Waals surface area contributed by atoms with E-state index in [4.69, 9.17) is 4.74 Å². The molecule has 182 valence electrons. The van der Waals surface area contributed by atoms with E-state index in [1.54, 1.807) is 12.1 Å². The van der Waals surface area contributed by atoms with E-state index in [0.29, 0.717) is 5.75 Å². The smallest absolute Gasteiger partial charge is 0.422 e. The van der Waals surface area contributed by atoms with Gasteiger partial charge in [0, 0.05) is 0 Å². The predicted octanol–water partition coefficient (Wildman–Crippen LogP) is 9.14. The van der Waals surface area contributed by atoms with Gasteiger partial charge in [0.15, 0.2) is 6.61 Å². The lowest BCUT2D eigenvalue weighted by molar-refractivity contribution is -0.153. The van der Waals surface area contributed by atoms with Crippen LogP contribution in [0.2, 0.25) is 0 Å². The Hall–Kier alpha value is -1.19. The first-order valence-corrected chi connectivity index (χ1v) is 13.2. The number of halogens is 3. The lowest BCUT2D eigenvalue weighted by Crippen LogP contribution is -2.26. The number of alkyl halides is 3. The topological polar surface area (TPSA) is 9.23 Å². The molecule has 0 N–H and O–H groups in total. The molecule has 0 unspecified atom stereocenters. The van der Waals surface area contributed by atoms with Crippen LogP contribution in [0.4, 0.5) is 13.2 Å². The Morgan fingerprint density at radius 2 is 1.31 bits per heavy atom. The normalized spacial score (nSPS) is 26.8. The van der Waals surface area contributed by atoms with Crippen LogP contribution in [0.3, 0.4) is 0 Å². The highest BCUT2D eigenvalue weighted by Gasteiger charge is 2.31. The minimum atomic E-state index is -4.29. The zero-order valence-corrected chi connectivity index (χ0v) is 20.0. The first-order valence-electron chi connectivity index (χ1n) is 13.2. The number of hydrogen-bond donors (Lipinski definition) is 0. The second-order valence-electron chi connectivity index (χ2n) is 10.5. The number of benzene rings is 1. The fourth-order valence-corrected chi connectivity index (χ4v) is 6.04. The van der Waals surface area contributed by atoms with Crippen LogP contribution in [0.1, 0.15) is 102 Å². The molecular formula is C28H43F3O. The summed E-state index contributed by atoms with van der Waals surface area (Å²) in [5, 5.41) is 0. The molecule has 2 aliphatic rings. The Labute approximate surface area is 193 Å². The van der Waals surface area contributed by atoms with Crippen LogP contribution < -0.4 is 4.74 Å². The molecule has 32 heavy (non-hydrogen) atoms. The summed E-state index contributed by atoms with van der Waals surface area (Å²) in [5.41, 5.74) is 1.20. The molecule has 0 aromatic heterocycles. The van der Waals surface area contributed by atoms with Gasteiger partial charge in [-0.15, -0.1) is 0 Å². The fraction of sp³-hybridized carbons (Fsp3) is 0.786. The maximum atomic E-state index is 12.3. The van der Waals surface area contributed by atoms with E-state index in [1.165, 1.54) is 95.5 Å². The molecule has 0 spiro atoms. The van der Waals surface area contributed by atoms with Crippen LogP contribution >= 0.6 is 0 Å². The van der Waals surface area contributed by atoms with E-state index in [1.807, 2.05) is 12.1 Å². The molecule has 1 aromatic carbocycles.